The fourth-order valence-electron chi connectivity index (χ4n) is 2.57. The van der Waals surface area contributed by atoms with Crippen LogP contribution in [0, 0.1) is 13.8 Å². The third-order valence-electron chi connectivity index (χ3n) is 4.13. The Kier molecular flexibility index (Phi) is 5.40. The van der Waals surface area contributed by atoms with E-state index in [0.29, 0.717) is 0 Å². The van der Waals surface area contributed by atoms with Gasteiger partial charge in [-0.05, 0) is 25.0 Å². The van der Waals surface area contributed by atoms with Gasteiger partial charge >= 0.3 is 6.09 Å². The van der Waals surface area contributed by atoms with Crippen molar-refractivity contribution in [2.24, 2.45) is 0 Å². The van der Waals surface area contributed by atoms with Crippen LogP contribution in [-0.2, 0) is 10.2 Å². The molecule has 0 saturated heterocycles. The molecule has 0 spiro atoms. The molecule has 0 fully saturated rings. The van der Waals surface area contributed by atoms with Crippen molar-refractivity contribution in [3.63, 3.8) is 0 Å². The van der Waals surface area contributed by atoms with Gasteiger partial charge in [-0.2, -0.15) is 0 Å². The van der Waals surface area contributed by atoms with Gasteiger partial charge in [0.15, 0.2) is 0 Å². The van der Waals surface area contributed by atoms with Crippen LogP contribution in [0.3, 0.4) is 0 Å². The number of rotatable bonds is 5. The fourth-order valence-corrected chi connectivity index (χ4v) is 2.57. The average Bonchev–Trinajstić information content (AvgIpc) is 2.58. The summed E-state index contributed by atoms with van der Waals surface area (Å²) in [7, 11) is 1.51. The molecule has 2 rings (SSSR count). The Morgan fingerprint density at radius 3 is 1.78 bits per heavy atom. The van der Waals surface area contributed by atoms with E-state index < -0.39 is 11.5 Å². The zero-order chi connectivity index (χ0) is 16.9. The lowest BCUT2D eigenvalue weighted by Gasteiger charge is -2.32. The molecule has 1 amide bonds. The number of alkyl carbamates (subject to hydrolysis) is 1. The highest BCUT2D eigenvalue weighted by atomic mass is 16.5. The van der Waals surface area contributed by atoms with E-state index in [2.05, 4.69) is 5.32 Å². The van der Waals surface area contributed by atoms with Gasteiger partial charge in [-0.25, -0.2) is 4.79 Å². The van der Waals surface area contributed by atoms with Gasteiger partial charge in [0.05, 0.1) is 12.0 Å². The molecule has 0 saturated carbocycles. The summed E-state index contributed by atoms with van der Waals surface area (Å²) in [5.41, 5.74) is 3.32. The van der Waals surface area contributed by atoms with Gasteiger partial charge in [-0.3, -0.25) is 0 Å². The van der Waals surface area contributed by atoms with Crippen molar-refractivity contribution >= 4 is 6.09 Å². The summed E-state index contributed by atoms with van der Waals surface area (Å²) in [6.45, 7) is 3.93. The first kappa shape index (κ1) is 17.0. The second-order valence-electron chi connectivity index (χ2n) is 5.80. The second kappa shape index (κ2) is 7.29. The number of amides is 1. The maximum atomic E-state index is 11.5. The Labute approximate surface area is 137 Å². The van der Waals surface area contributed by atoms with Gasteiger partial charge in [0.1, 0.15) is 6.61 Å². The number of nitrogens with one attached hydrogen (secondary N) is 1. The zero-order valence-corrected chi connectivity index (χ0v) is 13.8. The Bertz CT molecular complexity index is 602. The summed E-state index contributed by atoms with van der Waals surface area (Å²) in [5, 5.41) is 12.6. The Morgan fingerprint density at radius 1 is 1.00 bits per heavy atom. The number of aryl methyl sites for hydroxylation is 2. The van der Waals surface area contributed by atoms with E-state index in [1.807, 2.05) is 62.4 Å². The summed E-state index contributed by atoms with van der Waals surface area (Å²) in [5.74, 6) is 0. The predicted octanol–water partition coefficient (Wildman–Crippen LogP) is 2.94. The summed E-state index contributed by atoms with van der Waals surface area (Å²) < 4.78 is 5.31. The molecule has 0 aromatic heterocycles. The molecule has 2 aromatic rings. The SMILES string of the molecule is CNC(=O)OCC(CO)(c1ccc(C)cc1)c1ccc(C)cc1. The minimum atomic E-state index is -0.784. The highest BCUT2D eigenvalue weighted by Crippen LogP contribution is 2.33. The summed E-state index contributed by atoms with van der Waals surface area (Å²) in [6, 6.07) is 15.9. The number of aliphatic hydroxyl groups is 1. The molecule has 0 unspecified atom stereocenters. The Hall–Kier alpha value is -2.33. The number of hydrogen-bond acceptors (Lipinski definition) is 3. The number of ether oxygens (including phenoxy) is 1. The van der Waals surface area contributed by atoms with Crippen molar-refractivity contribution < 1.29 is 14.6 Å². The predicted molar refractivity (Wildman–Crippen MR) is 90.6 cm³/mol. The minimum Gasteiger partial charge on any atom is -0.448 e. The second-order valence-corrected chi connectivity index (χ2v) is 5.80. The monoisotopic (exact) mass is 313 g/mol. The number of carbonyl (C=O) groups excluding carboxylic acids is 1. The van der Waals surface area contributed by atoms with Crippen LogP contribution in [0.15, 0.2) is 48.5 Å². The molecular formula is C19H23NO3. The molecule has 0 heterocycles. The fraction of sp³-hybridized carbons (Fsp3) is 0.316. The lowest BCUT2D eigenvalue weighted by Crippen LogP contribution is -2.39. The van der Waals surface area contributed by atoms with Gasteiger partial charge in [0.25, 0.3) is 0 Å². The van der Waals surface area contributed by atoms with Gasteiger partial charge in [0, 0.05) is 7.05 Å². The molecule has 122 valence electrons. The van der Waals surface area contributed by atoms with E-state index in [-0.39, 0.29) is 13.2 Å². The maximum Gasteiger partial charge on any atom is 0.406 e. The van der Waals surface area contributed by atoms with E-state index in [1.54, 1.807) is 0 Å². The van der Waals surface area contributed by atoms with E-state index in [9.17, 15) is 9.90 Å². The summed E-state index contributed by atoms with van der Waals surface area (Å²) >= 11 is 0. The molecule has 4 heteroatoms. The van der Waals surface area contributed by atoms with Crippen molar-refractivity contribution in [1.82, 2.24) is 5.32 Å². The molecular weight excluding hydrogens is 290 g/mol. The zero-order valence-electron chi connectivity index (χ0n) is 13.8. The highest BCUT2D eigenvalue weighted by Gasteiger charge is 2.35. The van der Waals surface area contributed by atoms with Crippen LogP contribution in [0.5, 0.6) is 0 Å². The summed E-state index contributed by atoms with van der Waals surface area (Å²) in [4.78, 5) is 11.5. The van der Waals surface area contributed by atoms with Crippen LogP contribution in [0.4, 0.5) is 4.79 Å². The van der Waals surface area contributed by atoms with Crippen LogP contribution in [-0.4, -0.2) is 31.5 Å². The van der Waals surface area contributed by atoms with Crippen LogP contribution in [0.25, 0.3) is 0 Å². The van der Waals surface area contributed by atoms with Crippen molar-refractivity contribution in [2.45, 2.75) is 19.3 Å². The quantitative estimate of drug-likeness (QED) is 0.892. The smallest absolute Gasteiger partial charge is 0.406 e. The molecule has 23 heavy (non-hydrogen) atoms. The van der Waals surface area contributed by atoms with Crippen molar-refractivity contribution in [3.8, 4) is 0 Å². The van der Waals surface area contributed by atoms with Gasteiger partial charge in [-0.1, -0.05) is 59.7 Å². The molecule has 0 bridgehead atoms. The Morgan fingerprint density at radius 2 is 1.43 bits per heavy atom. The first-order valence-electron chi connectivity index (χ1n) is 7.61. The summed E-state index contributed by atoms with van der Waals surface area (Å²) in [6.07, 6.45) is -0.512. The van der Waals surface area contributed by atoms with Crippen LogP contribution in [0.2, 0.25) is 0 Å². The van der Waals surface area contributed by atoms with Crippen molar-refractivity contribution in [2.75, 3.05) is 20.3 Å². The molecule has 0 aliphatic rings. The topological polar surface area (TPSA) is 58.6 Å². The van der Waals surface area contributed by atoms with E-state index in [4.69, 9.17) is 4.74 Å². The lowest BCUT2D eigenvalue weighted by atomic mass is 9.75. The molecule has 2 N–H and O–H groups in total. The third kappa shape index (κ3) is 3.71. The number of benzene rings is 2. The first-order valence-corrected chi connectivity index (χ1v) is 7.61. The first-order chi connectivity index (χ1) is 11.0. The van der Waals surface area contributed by atoms with E-state index in [1.165, 1.54) is 7.05 Å². The largest absolute Gasteiger partial charge is 0.448 e. The molecule has 0 atom stereocenters. The molecule has 2 aromatic carbocycles. The number of aliphatic hydroxyl groups excluding tert-OH is 1. The van der Waals surface area contributed by atoms with Crippen LogP contribution < -0.4 is 5.32 Å². The van der Waals surface area contributed by atoms with Gasteiger partial charge < -0.3 is 15.2 Å². The van der Waals surface area contributed by atoms with Crippen LogP contribution >= 0.6 is 0 Å². The molecule has 0 radical (unpaired) electrons. The standard InChI is InChI=1S/C19H23NO3/c1-14-4-8-16(9-5-14)19(12-21,13-23-18(22)20-3)17-10-6-15(2)7-11-17/h4-11,21H,12-13H2,1-3H3,(H,20,22). The molecule has 0 aliphatic carbocycles. The van der Waals surface area contributed by atoms with E-state index in [0.717, 1.165) is 22.3 Å². The molecule has 4 nitrogen and oxygen atoms in total. The maximum absolute atomic E-state index is 11.5. The van der Waals surface area contributed by atoms with Crippen molar-refractivity contribution in [1.29, 1.82) is 0 Å². The average molecular weight is 313 g/mol. The van der Waals surface area contributed by atoms with Gasteiger partial charge in [0.2, 0.25) is 0 Å². The highest BCUT2D eigenvalue weighted by molar-refractivity contribution is 5.67. The molecule has 0 aliphatic heterocycles. The third-order valence-corrected chi connectivity index (χ3v) is 4.13. The van der Waals surface area contributed by atoms with Crippen LogP contribution in [0.1, 0.15) is 22.3 Å². The lowest BCUT2D eigenvalue weighted by molar-refractivity contribution is 0.101. The normalized spacial score (nSPS) is 11.1. The van der Waals surface area contributed by atoms with Crippen molar-refractivity contribution in [3.05, 3.63) is 70.8 Å². The van der Waals surface area contributed by atoms with Gasteiger partial charge in [-0.15, -0.1) is 0 Å². The number of carbonyl (C=O) groups is 1. The number of hydrogen-bond donors (Lipinski definition) is 2. The van der Waals surface area contributed by atoms with E-state index >= 15 is 0 Å². The Balaban J connectivity index is 2.48. The minimum absolute atomic E-state index is 0.0648.